The average molecular weight is 264 g/mol. The Kier molecular flexibility index (Phi) is 4.53. The third kappa shape index (κ3) is 4.63. The molecule has 1 aliphatic carbocycles. The number of likely N-dealkylation sites (N-methyl/N-ethyl adjacent to an activating group) is 1. The molecule has 0 radical (unpaired) electrons. The van der Waals surface area contributed by atoms with Crippen LogP contribution in [0.1, 0.15) is 26.7 Å². The summed E-state index contributed by atoms with van der Waals surface area (Å²) in [6, 6.07) is 6.32. The number of hydrogen-bond acceptors (Lipinski definition) is 4. The van der Waals surface area contributed by atoms with Crippen molar-refractivity contribution in [1.82, 2.24) is 4.90 Å². The highest BCUT2D eigenvalue weighted by Crippen LogP contribution is 2.26. The van der Waals surface area contributed by atoms with Crippen LogP contribution in [0.15, 0.2) is 18.2 Å². The first kappa shape index (κ1) is 14.0. The van der Waals surface area contributed by atoms with Crippen molar-refractivity contribution in [3.8, 4) is 11.5 Å². The van der Waals surface area contributed by atoms with Gasteiger partial charge in [-0.15, -0.1) is 0 Å². The second-order valence-electron chi connectivity index (χ2n) is 5.46. The van der Waals surface area contributed by atoms with E-state index in [0.717, 1.165) is 24.1 Å². The predicted molar refractivity (Wildman–Crippen MR) is 77.8 cm³/mol. The maximum atomic E-state index is 5.85. The second-order valence-corrected chi connectivity index (χ2v) is 5.46. The van der Waals surface area contributed by atoms with Crippen LogP contribution < -0.4 is 15.2 Å². The third-order valence-electron chi connectivity index (χ3n) is 3.16. The summed E-state index contributed by atoms with van der Waals surface area (Å²) in [6.07, 6.45) is 2.78. The molecule has 0 amide bonds. The molecule has 106 valence electrons. The maximum Gasteiger partial charge on any atom is 0.125 e. The smallest absolute Gasteiger partial charge is 0.125 e. The summed E-state index contributed by atoms with van der Waals surface area (Å²) in [5.74, 6) is 1.54. The number of benzene rings is 1. The van der Waals surface area contributed by atoms with Gasteiger partial charge in [-0.2, -0.15) is 0 Å². The topological polar surface area (TPSA) is 47.7 Å². The van der Waals surface area contributed by atoms with E-state index in [-0.39, 0.29) is 6.10 Å². The lowest BCUT2D eigenvalue weighted by Gasteiger charge is -2.17. The zero-order chi connectivity index (χ0) is 13.8. The first-order valence-electron chi connectivity index (χ1n) is 6.95. The van der Waals surface area contributed by atoms with Crippen LogP contribution in [-0.4, -0.2) is 37.2 Å². The number of ether oxygens (including phenoxy) is 2. The van der Waals surface area contributed by atoms with Gasteiger partial charge in [0, 0.05) is 36.5 Å². The molecule has 0 aromatic heterocycles. The number of rotatable bonds is 7. The van der Waals surface area contributed by atoms with E-state index in [2.05, 4.69) is 11.9 Å². The van der Waals surface area contributed by atoms with Crippen LogP contribution in [0.25, 0.3) is 0 Å². The Hall–Kier alpha value is -1.42. The van der Waals surface area contributed by atoms with Crippen molar-refractivity contribution in [2.24, 2.45) is 0 Å². The minimum Gasteiger partial charge on any atom is -0.492 e. The van der Waals surface area contributed by atoms with Crippen molar-refractivity contribution >= 4 is 5.69 Å². The van der Waals surface area contributed by atoms with Gasteiger partial charge in [0.2, 0.25) is 0 Å². The molecule has 1 fully saturated rings. The quantitative estimate of drug-likeness (QED) is 0.769. The first-order valence-corrected chi connectivity index (χ1v) is 6.95. The fraction of sp³-hybridized carbons (Fsp3) is 0.600. The minimum atomic E-state index is 0.135. The highest BCUT2D eigenvalue weighted by Gasteiger charge is 2.25. The van der Waals surface area contributed by atoms with Crippen LogP contribution in [0, 0.1) is 0 Å². The molecule has 4 nitrogen and oxygen atoms in total. The average Bonchev–Trinajstić information content (AvgIpc) is 3.10. The molecule has 4 heteroatoms. The molecule has 2 N–H and O–H groups in total. The number of anilines is 1. The Balaban J connectivity index is 1.86. The largest absolute Gasteiger partial charge is 0.492 e. The van der Waals surface area contributed by atoms with E-state index >= 15 is 0 Å². The summed E-state index contributed by atoms with van der Waals surface area (Å²) in [4.78, 5) is 2.35. The minimum absolute atomic E-state index is 0.135. The van der Waals surface area contributed by atoms with Crippen LogP contribution in [0.4, 0.5) is 5.69 Å². The van der Waals surface area contributed by atoms with Gasteiger partial charge in [-0.3, -0.25) is 0 Å². The molecule has 0 aliphatic heterocycles. The highest BCUT2D eigenvalue weighted by atomic mass is 16.5. The van der Waals surface area contributed by atoms with E-state index in [9.17, 15) is 0 Å². The van der Waals surface area contributed by atoms with Crippen molar-refractivity contribution in [3.05, 3.63) is 18.2 Å². The van der Waals surface area contributed by atoms with Crippen molar-refractivity contribution in [2.45, 2.75) is 38.8 Å². The molecule has 2 rings (SSSR count). The Morgan fingerprint density at radius 1 is 1.26 bits per heavy atom. The maximum absolute atomic E-state index is 5.85. The lowest BCUT2D eigenvalue weighted by Crippen LogP contribution is -2.26. The van der Waals surface area contributed by atoms with Crippen molar-refractivity contribution in [1.29, 1.82) is 0 Å². The van der Waals surface area contributed by atoms with Crippen LogP contribution in [0.3, 0.4) is 0 Å². The number of nitrogens with two attached hydrogens (primary N) is 1. The van der Waals surface area contributed by atoms with Gasteiger partial charge in [-0.25, -0.2) is 0 Å². The van der Waals surface area contributed by atoms with E-state index in [4.69, 9.17) is 15.2 Å². The summed E-state index contributed by atoms with van der Waals surface area (Å²) in [7, 11) is 2.15. The van der Waals surface area contributed by atoms with Gasteiger partial charge in [0.1, 0.15) is 18.1 Å². The standard InChI is InChI=1S/C15H24N2O2/c1-11(2)19-15-9-12(16)8-14(10-15)18-7-6-17(3)13-4-5-13/h8-11,13H,4-7,16H2,1-3H3. The molecule has 0 unspecified atom stereocenters. The number of nitrogen functional groups attached to an aromatic ring is 1. The van der Waals surface area contributed by atoms with E-state index in [1.165, 1.54) is 12.8 Å². The van der Waals surface area contributed by atoms with Crippen LogP contribution in [0.5, 0.6) is 11.5 Å². The number of nitrogens with zero attached hydrogens (tertiary/aromatic N) is 1. The summed E-state index contributed by atoms with van der Waals surface area (Å²) in [5.41, 5.74) is 6.52. The van der Waals surface area contributed by atoms with Gasteiger partial charge in [0.15, 0.2) is 0 Å². The van der Waals surface area contributed by atoms with Gasteiger partial charge in [0.25, 0.3) is 0 Å². The Morgan fingerprint density at radius 3 is 2.58 bits per heavy atom. The van der Waals surface area contributed by atoms with Gasteiger partial charge >= 0.3 is 0 Å². The molecule has 1 aliphatic rings. The van der Waals surface area contributed by atoms with Crippen molar-refractivity contribution < 1.29 is 9.47 Å². The molecular weight excluding hydrogens is 240 g/mol. The molecule has 0 atom stereocenters. The van der Waals surface area contributed by atoms with Gasteiger partial charge in [-0.05, 0) is 33.7 Å². The van der Waals surface area contributed by atoms with E-state index in [0.29, 0.717) is 12.3 Å². The normalized spacial score (nSPS) is 15.0. The summed E-state index contributed by atoms with van der Waals surface area (Å²) < 4.78 is 11.4. The fourth-order valence-corrected chi connectivity index (χ4v) is 2.02. The van der Waals surface area contributed by atoms with Crippen LogP contribution in [0.2, 0.25) is 0 Å². The highest BCUT2D eigenvalue weighted by molar-refractivity contribution is 5.50. The van der Waals surface area contributed by atoms with E-state index in [1.54, 1.807) is 0 Å². The van der Waals surface area contributed by atoms with Gasteiger partial charge < -0.3 is 20.1 Å². The Morgan fingerprint density at radius 2 is 1.95 bits per heavy atom. The number of hydrogen-bond donors (Lipinski definition) is 1. The lowest BCUT2D eigenvalue weighted by molar-refractivity contribution is 0.226. The summed E-state index contributed by atoms with van der Waals surface area (Å²) in [5, 5.41) is 0. The molecule has 1 saturated carbocycles. The molecular formula is C15H24N2O2. The molecule has 0 heterocycles. The summed E-state index contributed by atoms with van der Waals surface area (Å²) in [6.45, 7) is 5.61. The molecule has 1 aromatic rings. The van der Waals surface area contributed by atoms with Crippen LogP contribution in [-0.2, 0) is 0 Å². The fourth-order valence-electron chi connectivity index (χ4n) is 2.02. The van der Waals surface area contributed by atoms with Gasteiger partial charge in [-0.1, -0.05) is 0 Å². The first-order chi connectivity index (χ1) is 9.04. The zero-order valence-electron chi connectivity index (χ0n) is 12.1. The monoisotopic (exact) mass is 264 g/mol. The van der Waals surface area contributed by atoms with Crippen molar-refractivity contribution in [2.75, 3.05) is 25.9 Å². The van der Waals surface area contributed by atoms with Gasteiger partial charge in [0.05, 0.1) is 6.10 Å². The Bertz CT molecular complexity index is 417. The lowest BCUT2D eigenvalue weighted by atomic mass is 10.3. The van der Waals surface area contributed by atoms with E-state index in [1.807, 2.05) is 32.0 Å². The Labute approximate surface area is 115 Å². The zero-order valence-corrected chi connectivity index (χ0v) is 12.1. The predicted octanol–water partition coefficient (Wildman–Crippen LogP) is 2.53. The van der Waals surface area contributed by atoms with E-state index < -0.39 is 0 Å². The molecule has 0 saturated heterocycles. The van der Waals surface area contributed by atoms with Crippen molar-refractivity contribution in [3.63, 3.8) is 0 Å². The third-order valence-corrected chi connectivity index (χ3v) is 3.16. The van der Waals surface area contributed by atoms with Crippen LogP contribution >= 0.6 is 0 Å². The molecule has 0 bridgehead atoms. The molecule has 19 heavy (non-hydrogen) atoms. The summed E-state index contributed by atoms with van der Waals surface area (Å²) >= 11 is 0. The second kappa shape index (κ2) is 6.15. The SMILES string of the molecule is CC(C)Oc1cc(N)cc(OCCN(C)C2CC2)c1. The molecule has 0 spiro atoms. The molecule has 1 aromatic carbocycles.